The van der Waals surface area contributed by atoms with E-state index in [0.717, 1.165) is 29.2 Å². The summed E-state index contributed by atoms with van der Waals surface area (Å²) in [6.07, 6.45) is 6.41. The largest absolute Gasteiger partial charge is 0.386 e. The molecule has 1 amide bonds. The molecule has 4 heteroatoms. The van der Waals surface area contributed by atoms with Crippen LogP contribution in [0.3, 0.4) is 0 Å². The Morgan fingerprint density at radius 2 is 2.21 bits per heavy atom. The van der Waals surface area contributed by atoms with Crippen molar-refractivity contribution in [1.82, 2.24) is 0 Å². The molecule has 1 N–H and O–H groups in total. The number of hydrogen-bond acceptors (Lipinski definition) is 3. The molecular formula is C20H26N2O2. The third kappa shape index (κ3) is 3.10. The molecule has 3 aliphatic carbocycles. The van der Waals surface area contributed by atoms with Gasteiger partial charge in [-0.05, 0) is 66.7 Å². The highest BCUT2D eigenvalue weighted by molar-refractivity contribution is 5.92. The number of anilines is 1. The van der Waals surface area contributed by atoms with Crippen molar-refractivity contribution in [2.45, 2.75) is 40.5 Å². The lowest BCUT2D eigenvalue weighted by atomic mass is 9.49. The molecule has 0 unspecified atom stereocenters. The Morgan fingerprint density at radius 3 is 2.92 bits per heavy atom. The summed E-state index contributed by atoms with van der Waals surface area (Å²) in [5, 5.41) is 6.87. The summed E-state index contributed by atoms with van der Waals surface area (Å²) in [5.41, 5.74) is 4.67. The Morgan fingerprint density at radius 1 is 1.42 bits per heavy atom. The fourth-order valence-electron chi connectivity index (χ4n) is 3.81. The number of hydrogen-bond donors (Lipinski definition) is 1. The molecule has 3 aliphatic rings. The average Bonchev–Trinajstić information content (AvgIpc) is 2.56. The highest BCUT2D eigenvalue weighted by Crippen LogP contribution is 2.58. The molecule has 0 aliphatic heterocycles. The molecule has 1 aromatic rings. The second-order valence-electron chi connectivity index (χ2n) is 7.55. The molecule has 0 aromatic heterocycles. The molecule has 4 nitrogen and oxygen atoms in total. The maximum absolute atomic E-state index is 12.0. The van der Waals surface area contributed by atoms with Crippen molar-refractivity contribution in [3.63, 3.8) is 0 Å². The minimum Gasteiger partial charge on any atom is -0.386 e. The molecule has 2 atom stereocenters. The van der Waals surface area contributed by atoms with Gasteiger partial charge in [0.25, 0.3) is 5.91 Å². The number of benzene rings is 1. The van der Waals surface area contributed by atoms with Gasteiger partial charge in [0.1, 0.15) is 0 Å². The minimum absolute atomic E-state index is 0.0755. The number of nitrogens with zero attached hydrogens (tertiary/aromatic N) is 1. The van der Waals surface area contributed by atoms with Crippen LogP contribution in [0.15, 0.2) is 35.0 Å². The van der Waals surface area contributed by atoms with E-state index in [2.05, 4.69) is 30.4 Å². The van der Waals surface area contributed by atoms with E-state index in [9.17, 15) is 4.79 Å². The zero-order chi connectivity index (χ0) is 17.3. The van der Waals surface area contributed by atoms with Gasteiger partial charge in [0.05, 0.1) is 6.21 Å². The standard InChI is InChI=1S/C20H26N2O2/c1-13-6-5-7-18(14(13)2)22-19(23)12-24-21-11-15-8-9-16-10-17(15)20(16,3)4/h5-8,11,16-17H,9-10,12H2,1-4H3,(H,22,23)/t16-,17+/m0/s1. The molecule has 0 saturated heterocycles. The number of aryl methyl sites for hydroxylation is 1. The molecule has 128 valence electrons. The van der Waals surface area contributed by atoms with Crippen LogP contribution in [0.1, 0.15) is 37.8 Å². The number of rotatable bonds is 5. The third-order valence-corrected chi connectivity index (χ3v) is 5.86. The molecule has 1 saturated carbocycles. The van der Waals surface area contributed by atoms with E-state index >= 15 is 0 Å². The molecule has 2 bridgehead atoms. The monoisotopic (exact) mass is 326 g/mol. The Bertz CT molecular complexity index is 704. The van der Waals surface area contributed by atoms with Crippen molar-refractivity contribution < 1.29 is 9.63 Å². The Kier molecular flexibility index (Phi) is 4.48. The van der Waals surface area contributed by atoms with Gasteiger partial charge in [-0.2, -0.15) is 0 Å². The zero-order valence-corrected chi connectivity index (χ0v) is 14.9. The lowest BCUT2D eigenvalue weighted by Crippen LogP contribution is -2.48. The lowest BCUT2D eigenvalue weighted by Gasteiger charge is -2.55. The second-order valence-corrected chi connectivity index (χ2v) is 7.55. The van der Waals surface area contributed by atoms with Gasteiger partial charge in [0.2, 0.25) is 0 Å². The number of allylic oxidation sites excluding steroid dienone is 2. The van der Waals surface area contributed by atoms with E-state index in [1.807, 2.05) is 32.0 Å². The van der Waals surface area contributed by atoms with Crippen LogP contribution in [-0.4, -0.2) is 18.7 Å². The summed E-state index contributed by atoms with van der Waals surface area (Å²) in [6.45, 7) is 8.59. The normalized spacial score (nSPS) is 24.2. The average molecular weight is 326 g/mol. The first-order valence-corrected chi connectivity index (χ1v) is 8.61. The fourth-order valence-corrected chi connectivity index (χ4v) is 3.81. The number of carbonyl (C=O) groups is 1. The highest BCUT2D eigenvalue weighted by atomic mass is 16.6. The third-order valence-electron chi connectivity index (χ3n) is 5.86. The van der Waals surface area contributed by atoms with Gasteiger partial charge in [-0.25, -0.2) is 0 Å². The molecule has 4 rings (SSSR count). The number of carbonyl (C=O) groups excluding carboxylic acids is 1. The number of amides is 1. The van der Waals surface area contributed by atoms with E-state index in [1.165, 1.54) is 12.0 Å². The minimum atomic E-state index is -0.192. The lowest BCUT2D eigenvalue weighted by molar-refractivity contribution is -0.120. The van der Waals surface area contributed by atoms with Crippen molar-refractivity contribution in [3.8, 4) is 0 Å². The van der Waals surface area contributed by atoms with Crippen molar-refractivity contribution in [2.75, 3.05) is 11.9 Å². The van der Waals surface area contributed by atoms with Gasteiger partial charge in [0.15, 0.2) is 6.61 Å². The number of oxime groups is 1. The Balaban J connectivity index is 1.49. The Hall–Kier alpha value is -2.10. The summed E-state index contributed by atoms with van der Waals surface area (Å²) in [6, 6.07) is 5.85. The molecule has 1 aromatic carbocycles. The molecule has 0 radical (unpaired) electrons. The molecule has 0 heterocycles. The van der Waals surface area contributed by atoms with Crippen molar-refractivity contribution in [1.29, 1.82) is 0 Å². The summed E-state index contributed by atoms with van der Waals surface area (Å²) in [4.78, 5) is 17.2. The number of nitrogens with one attached hydrogen (secondary N) is 1. The van der Waals surface area contributed by atoms with E-state index in [-0.39, 0.29) is 12.5 Å². The van der Waals surface area contributed by atoms with Crippen LogP contribution in [0.4, 0.5) is 5.69 Å². The van der Waals surface area contributed by atoms with Crippen LogP contribution in [-0.2, 0) is 9.63 Å². The van der Waals surface area contributed by atoms with Gasteiger partial charge < -0.3 is 10.2 Å². The van der Waals surface area contributed by atoms with Gasteiger partial charge in [-0.3, -0.25) is 4.79 Å². The smallest absolute Gasteiger partial charge is 0.265 e. The van der Waals surface area contributed by atoms with Crippen LogP contribution in [0, 0.1) is 31.1 Å². The van der Waals surface area contributed by atoms with Gasteiger partial charge >= 0.3 is 0 Å². The summed E-state index contributed by atoms with van der Waals surface area (Å²) >= 11 is 0. The number of fused-ring (bicyclic) bond motifs is 1. The van der Waals surface area contributed by atoms with Crippen LogP contribution in [0.25, 0.3) is 0 Å². The maximum atomic E-state index is 12.0. The van der Waals surface area contributed by atoms with E-state index in [1.54, 1.807) is 6.21 Å². The quantitative estimate of drug-likeness (QED) is 0.650. The van der Waals surface area contributed by atoms with Gasteiger partial charge in [-0.15, -0.1) is 0 Å². The van der Waals surface area contributed by atoms with E-state index < -0.39 is 0 Å². The Labute approximate surface area is 144 Å². The van der Waals surface area contributed by atoms with Gasteiger partial charge in [0, 0.05) is 5.69 Å². The predicted molar refractivity (Wildman–Crippen MR) is 97.1 cm³/mol. The molecule has 24 heavy (non-hydrogen) atoms. The second kappa shape index (κ2) is 6.42. The first-order valence-electron chi connectivity index (χ1n) is 8.61. The first-order chi connectivity index (χ1) is 11.4. The fraction of sp³-hybridized carbons (Fsp3) is 0.500. The molecule has 0 spiro atoms. The summed E-state index contributed by atoms with van der Waals surface area (Å²) in [7, 11) is 0. The van der Waals surface area contributed by atoms with Gasteiger partial charge in [-0.1, -0.05) is 37.2 Å². The van der Waals surface area contributed by atoms with E-state index in [4.69, 9.17) is 4.84 Å². The topological polar surface area (TPSA) is 50.7 Å². The SMILES string of the molecule is Cc1cccc(NC(=O)CON=CC2=CC[C@H]3C[C@H]2C3(C)C)c1C. The molecule has 1 fully saturated rings. The predicted octanol–water partition coefficient (Wildman–Crippen LogP) is 4.24. The zero-order valence-electron chi connectivity index (χ0n) is 14.9. The maximum Gasteiger partial charge on any atom is 0.265 e. The van der Waals surface area contributed by atoms with Crippen LogP contribution >= 0.6 is 0 Å². The van der Waals surface area contributed by atoms with E-state index in [0.29, 0.717) is 11.3 Å². The summed E-state index contributed by atoms with van der Waals surface area (Å²) in [5.74, 6) is 1.19. The van der Waals surface area contributed by atoms with Crippen LogP contribution in [0.2, 0.25) is 0 Å². The molecular weight excluding hydrogens is 300 g/mol. The summed E-state index contributed by atoms with van der Waals surface area (Å²) < 4.78 is 0. The highest BCUT2D eigenvalue weighted by Gasteiger charge is 2.50. The van der Waals surface area contributed by atoms with Crippen molar-refractivity contribution in [3.05, 3.63) is 41.0 Å². The van der Waals surface area contributed by atoms with Crippen molar-refractivity contribution >= 4 is 17.8 Å². The van der Waals surface area contributed by atoms with Crippen LogP contribution < -0.4 is 5.32 Å². The first kappa shape index (κ1) is 16.7. The van der Waals surface area contributed by atoms with Crippen molar-refractivity contribution in [2.24, 2.45) is 22.4 Å². The van der Waals surface area contributed by atoms with Crippen LogP contribution in [0.5, 0.6) is 0 Å².